The first-order valence-electron chi connectivity index (χ1n) is 5.63. The maximum atomic E-state index is 4.07. The Bertz CT molecular complexity index is 421. The summed E-state index contributed by atoms with van der Waals surface area (Å²) in [5.74, 6) is 0. The van der Waals surface area contributed by atoms with E-state index in [1.807, 2.05) is 13.2 Å². The van der Waals surface area contributed by atoms with Crippen LogP contribution in [0.1, 0.15) is 12.0 Å². The van der Waals surface area contributed by atoms with E-state index in [1.54, 1.807) is 6.33 Å². The Morgan fingerprint density at radius 2 is 2.19 bits per heavy atom. The van der Waals surface area contributed by atoms with Crippen molar-refractivity contribution in [3.8, 4) is 11.3 Å². The van der Waals surface area contributed by atoms with E-state index in [9.17, 15) is 0 Å². The molecule has 16 heavy (non-hydrogen) atoms. The first-order valence-corrected chi connectivity index (χ1v) is 5.63. The third kappa shape index (κ3) is 2.49. The SMILES string of the molecule is CNCCCc1ccccc1-c1cnc[nH]1. The van der Waals surface area contributed by atoms with Gasteiger partial charge in [-0.3, -0.25) is 0 Å². The fourth-order valence-electron chi connectivity index (χ4n) is 1.86. The van der Waals surface area contributed by atoms with Gasteiger partial charge in [-0.1, -0.05) is 24.3 Å². The van der Waals surface area contributed by atoms with Crippen LogP contribution >= 0.6 is 0 Å². The molecule has 3 nitrogen and oxygen atoms in total. The monoisotopic (exact) mass is 215 g/mol. The van der Waals surface area contributed by atoms with Crippen molar-refractivity contribution in [2.45, 2.75) is 12.8 Å². The molecule has 0 spiro atoms. The zero-order valence-electron chi connectivity index (χ0n) is 9.53. The van der Waals surface area contributed by atoms with E-state index in [1.165, 1.54) is 11.1 Å². The Balaban J connectivity index is 2.18. The average Bonchev–Trinajstić information content (AvgIpc) is 2.83. The third-order valence-electron chi connectivity index (χ3n) is 2.68. The molecule has 0 aliphatic heterocycles. The number of rotatable bonds is 5. The summed E-state index contributed by atoms with van der Waals surface area (Å²) in [6, 6.07) is 8.49. The first-order chi connectivity index (χ1) is 7.92. The van der Waals surface area contributed by atoms with Crippen molar-refractivity contribution in [1.82, 2.24) is 15.3 Å². The van der Waals surface area contributed by atoms with Crippen molar-refractivity contribution >= 4 is 0 Å². The van der Waals surface area contributed by atoms with Gasteiger partial charge in [0.25, 0.3) is 0 Å². The lowest BCUT2D eigenvalue weighted by molar-refractivity contribution is 0.725. The van der Waals surface area contributed by atoms with E-state index in [4.69, 9.17) is 0 Å². The Hall–Kier alpha value is -1.61. The number of aromatic nitrogens is 2. The quantitative estimate of drug-likeness (QED) is 0.751. The Morgan fingerprint density at radius 3 is 2.94 bits per heavy atom. The summed E-state index contributed by atoms with van der Waals surface area (Å²) in [5, 5.41) is 3.17. The summed E-state index contributed by atoms with van der Waals surface area (Å²) >= 11 is 0. The third-order valence-corrected chi connectivity index (χ3v) is 2.68. The van der Waals surface area contributed by atoms with Crippen LogP contribution in [0.4, 0.5) is 0 Å². The summed E-state index contributed by atoms with van der Waals surface area (Å²) in [6.07, 6.45) is 5.84. The van der Waals surface area contributed by atoms with Gasteiger partial charge in [0.15, 0.2) is 0 Å². The van der Waals surface area contributed by atoms with Crippen LogP contribution < -0.4 is 5.32 Å². The number of hydrogen-bond acceptors (Lipinski definition) is 2. The highest BCUT2D eigenvalue weighted by Gasteiger charge is 2.04. The standard InChI is InChI=1S/C13H17N3/c1-14-8-4-6-11-5-2-3-7-12(11)13-9-15-10-16-13/h2-3,5,7,9-10,14H,4,6,8H2,1H3,(H,15,16). The molecule has 84 valence electrons. The van der Waals surface area contributed by atoms with E-state index in [2.05, 4.69) is 39.6 Å². The van der Waals surface area contributed by atoms with E-state index >= 15 is 0 Å². The van der Waals surface area contributed by atoms with Crippen LogP contribution in [0.3, 0.4) is 0 Å². The van der Waals surface area contributed by atoms with E-state index in [-0.39, 0.29) is 0 Å². The molecule has 2 N–H and O–H groups in total. The van der Waals surface area contributed by atoms with Crippen molar-refractivity contribution in [2.75, 3.05) is 13.6 Å². The lowest BCUT2D eigenvalue weighted by atomic mass is 10.0. The van der Waals surface area contributed by atoms with Crippen LogP contribution in [-0.2, 0) is 6.42 Å². The van der Waals surface area contributed by atoms with Gasteiger partial charge in [0.05, 0.1) is 18.2 Å². The maximum absolute atomic E-state index is 4.07. The predicted octanol–water partition coefficient (Wildman–Crippen LogP) is 2.23. The molecule has 0 saturated heterocycles. The average molecular weight is 215 g/mol. The summed E-state index contributed by atoms with van der Waals surface area (Å²) in [7, 11) is 1.99. The maximum Gasteiger partial charge on any atom is 0.0924 e. The molecule has 0 amide bonds. The normalized spacial score (nSPS) is 10.6. The molecule has 1 aromatic carbocycles. The van der Waals surface area contributed by atoms with Crippen molar-refractivity contribution in [2.24, 2.45) is 0 Å². The van der Waals surface area contributed by atoms with Crippen molar-refractivity contribution in [1.29, 1.82) is 0 Å². The number of nitrogens with one attached hydrogen (secondary N) is 2. The lowest BCUT2D eigenvalue weighted by Crippen LogP contribution is -2.08. The fourth-order valence-corrected chi connectivity index (χ4v) is 1.86. The Morgan fingerprint density at radius 1 is 1.31 bits per heavy atom. The van der Waals surface area contributed by atoms with Crippen LogP contribution in [-0.4, -0.2) is 23.6 Å². The zero-order chi connectivity index (χ0) is 11.2. The lowest BCUT2D eigenvalue weighted by Gasteiger charge is -2.07. The highest BCUT2D eigenvalue weighted by Crippen LogP contribution is 2.21. The van der Waals surface area contributed by atoms with Gasteiger partial charge in [0.2, 0.25) is 0 Å². The minimum absolute atomic E-state index is 1.05. The molecule has 0 radical (unpaired) electrons. The molecule has 0 saturated carbocycles. The minimum Gasteiger partial charge on any atom is -0.345 e. The second kappa shape index (κ2) is 5.47. The van der Waals surface area contributed by atoms with Gasteiger partial charge >= 0.3 is 0 Å². The number of benzene rings is 1. The summed E-state index contributed by atoms with van der Waals surface area (Å²) in [4.78, 5) is 7.23. The van der Waals surface area contributed by atoms with Crippen molar-refractivity contribution < 1.29 is 0 Å². The summed E-state index contributed by atoms with van der Waals surface area (Å²) in [6.45, 7) is 1.05. The Kier molecular flexibility index (Phi) is 3.72. The number of aryl methyl sites for hydroxylation is 1. The number of H-pyrrole nitrogens is 1. The number of aromatic amines is 1. The molecular weight excluding hydrogens is 198 g/mol. The fraction of sp³-hybridized carbons (Fsp3) is 0.308. The molecule has 2 rings (SSSR count). The largest absolute Gasteiger partial charge is 0.345 e. The number of hydrogen-bond donors (Lipinski definition) is 2. The molecule has 0 bridgehead atoms. The highest BCUT2D eigenvalue weighted by molar-refractivity contribution is 5.62. The van der Waals surface area contributed by atoms with Crippen molar-refractivity contribution in [3.05, 3.63) is 42.4 Å². The molecular formula is C13H17N3. The van der Waals surface area contributed by atoms with Gasteiger partial charge < -0.3 is 10.3 Å². The molecule has 0 fully saturated rings. The van der Waals surface area contributed by atoms with E-state index < -0.39 is 0 Å². The molecule has 0 aliphatic carbocycles. The molecule has 1 aromatic heterocycles. The zero-order valence-corrected chi connectivity index (χ0v) is 9.53. The van der Waals surface area contributed by atoms with Crippen LogP contribution in [0.25, 0.3) is 11.3 Å². The molecule has 0 unspecified atom stereocenters. The predicted molar refractivity (Wildman–Crippen MR) is 66.3 cm³/mol. The van der Waals surface area contributed by atoms with Crippen LogP contribution in [0.2, 0.25) is 0 Å². The van der Waals surface area contributed by atoms with Crippen LogP contribution in [0.5, 0.6) is 0 Å². The van der Waals surface area contributed by atoms with Gasteiger partial charge in [-0.2, -0.15) is 0 Å². The van der Waals surface area contributed by atoms with Crippen LogP contribution in [0, 0.1) is 0 Å². The Labute approximate surface area is 95.9 Å². The second-order valence-corrected chi connectivity index (χ2v) is 3.83. The second-order valence-electron chi connectivity index (χ2n) is 3.83. The molecule has 3 heteroatoms. The van der Waals surface area contributed by atoms with Crippen LogP contribution in [0.15, 0.2) is 36.8 Å². The van der Waals surface area contributed by atoms with Gasteiger partial charge in [-0.25, -0.2) is 4.98 Å². The van der Waals surface area contributed by atoms with Gasteiger partial charge in [0.1, 0.15) is 0 Å². The topological polar surface area (TPSA) is 40.7 Å². The van der Waals surface area contributed by atoms with E-state index in [0.29, 0.717) is 0 Å². The van der Waals surface area contributed by atoms with Crippen molar-refractivity contribution in [3.63, 3.8) is 0 Å². The highest BCUT2D eigenvalue weighted by atomic mass is 14.9. The van der Waals surface area contributed by atoms with Gasteiger partial charge in [-0.05, 0) is 32.0 Å². The van der Waals surface area contributed by atoms with Gasteiger partial charge in [-0.15, -0.1) is 0 Å². The summed E-state index contributed by atoms with van der Waals surface area (Å²) in [5.41, 5.74) is 3.73. The summed E-state index contributed by atoms with van der Waals surface area (Å²) < 4.78 is 0. The minimum atomic E-state index is 1.05. The first kappa shape index (κ1) is 10.9. The number of imidazole rings is 1. The van der Waals surface area contributed by atoms with Gasteiger partial charge in [0, 0.05) is 5.56 Å². The molecule has 2 aromatic rings. The number of nitrogens with zero attached hydrogens (tertiary/aromatic N) is 1. The smallest absolute Gasteiger partial charge is 0.0924 e. The molecule has 1 heterocycles. The van der Waals surface area contributed by atoms with E-state index in [0.717, 1.165) is 25.1 Å². The molecule has 0 aliphatic rings. The molecule has 0 atom stereocenters.